The minimum absolute atomic E-state index is 0.0218. The van der Waals surface area contributed by atoms with Crippen LogP contribution < -0.4 is 0 Å². The molecule has 0 aliphatic heterocycles. The number of carbonyl (C=O) groups excluding carboxylic acids is 1. The van der Waals surface area contributed by atoms with Crippen LogP contribution in [0.3, 0.4) is 0 Å². The molecular weight excluding hydrogens is 319 g/mol. The first kappa shape index (κ1) is 11.4. The fraction of sp³-hybridized carbons (Fsp3) is 0.111. The highest BCUT2D eigenvalue weighted by molar-refractivity contribution is 14.1. The lowest BCUT2D eigenvalue weighted by Gasteiger charge is -2.02. The number of rotatable bonds is 2. The highest BCUT2D eigenvalue weighted by atomic mass is 127. The molecule has 0 fully saturated rings. The first-order chi connectivity index (χ1) is 6.60. The van der Waals surface area contributed by atoms with Crippen LogP contribution >= 0.6 is 34.2 Å². The molecule has 5 heteroatoms. The van der Waals surface area contributed by atoms with Crippen molar-refractivity contribution >= 4 is 40.0 Å². The summed E-state index contributed by atoms with van der Waals surface area (Å²) in [6.07, 6.45) is 0. The highest BCUT2D eigenvalue weighted by Crippen LogP contribution is 2.18. The molecule has 0 radical (unpaired) electrons. The van der Waals surface area contributed by atoms with E-state index in [2.05, 4.69) is 0 Å². The Balaban J connectivity index is 3.36. The molecule has 0 bridgehead atoms. The lowest BCUT2D eigenvalue weighted by molar-refractivity contribution is 0.102. The molecule has 0 saturated heterocycles. The Morgan fingerprint density at radius 1 is 1.64 bits per heavy atom. The van der Waals surface area contributed by atoms with Crippen molar-refractivity contribution < 1.29 is 9.18 Å². The van der Waals surface area contributed by atoms with Crippen LogP contribution in [-0.4, -0.2) is 11.7 Å². The number of hydrogen-bond donors (Lipinski definition) is 0. The van der Waals surface area contributed by atoms with Crippen molar-refractivity contribution in [3.05, 3.63) is 32.6 Å². The predicted molar refractivity (Wildman–Crippen MR) is 58.9 cm³/mol. The third kappa shape index (κ3) is 2.22. The zero-order chi connectivity index (χ0) is 10.7. The summed E-state index contributed by atoms with van der Waals surface area (Å²) in [5, 5.41) is 8.66. The summed E-state index contributed by atoms with van der Waals surface area (Å²) < 4.78 is 13.3. The maximum Gasteiger partial charge on any atom is 0.178 e. The van der Waals surface area contributed by atoms with E-state index in [0.717, 1.165) is 6.07 Å². The lowest BCUT2D eigenvalue weighted by Crippen LogP contribution is -2.05. The second-order valence-corrected chi connectivity index (χ2v) is 3.91. The Kier molecular flexibility index (Phi) is 3.84. The largest absolute Gasteiger partial charge is 0.293 e. The normalized spacial score (nSPS) is 9.57. The Morgan fingerprint density at radius 3 is 2.79 bits per heavy atom. The number of Topliss-reactive ketones (excluding diaryl/α,β-unsaturated/α-hetero) is 1. The van der Waals surface area contributed by atoms with Gasteiger partial charge in [-0.05, 0) is 34.7 Å². The molecule has 1 aromatic rings. The number of benzene rings is 1. The summed E-state index contributed by atoms with van der Waals surface area (Å²) in [5.74, 6) is -1.09. The van der Waals surface area contributed by atoms with Crippen molar-refractivity contribution in [2.75, 3.05) is 5.88 Å². The van der Waals surface area contributed by atoms with Gasteiger partial charge in [0.1, 0.15) is 5.82 Å². The van der Waals surface area contributed by atoms with Gasteiger partial charge in [0.2, 0.25) is 0 Å². The van der Waals surface area contributed by atoms with Crippen LogP contribution in [0.1, 0.15) is 15.9 Å². The van der Waals surface area contributed by atoms with E-state index in [9.17, 15) is 9.18 Å². The van der Waals surface area contributed by atoms with E-state index in [1.807, 2.05) is 0 Å². The van der Waals surface area contributed by atoms with Gasteiger partial charge in [-0.25, -0.2) is 4.39 Å². The Morgan fingerprint density at radius 2 is 2.29 bits per heavy atom. The number of nitrogens with zero attached hydrogens (tertiary/aromatic N) is 1. The summed E-state index contributed by atoms with van der Waals surface area (Å²) in [7, 11) is 0. The smallest absolute Gasteiger partial charge is 0.178 e. The van der Waals surface area contributed by atoms with E-state index < -0.39 is 5.82 Å². The van der Waals surface area contributed by atoms with Gasteiger partial charge in [-0.3, -0.25) is 4.79 Å². The van der Waals surface area contributed by atoms with Crippen LogP contribution in [0, 0.1) is 20.7 Å². The van der Waals surface area contributed by atoms with Crippen molar-refractivity contribution in [1.82, 2.24) is 0 Å². The topological polar surface area (TPSA) is 40.9 Å². The lowest BCUT2D eigenvalue weighted by atomic mass is 10.1. The quantitative estimate of drug-likeness (QED) is 0.477. The molecule has 0 aliphatic rings. The average Bonchev–Trinajstić information content (AvgIpc) is 2.20. The van der Waals surface area contributed by atoms with Crippen molar-refractivity contribution in [2.24, 2.45) is 0 Å². The van der Waals surface area contributed by atoms with Gasteiger partial charge < -0.3 is 0 Å². The van der Waals surface area contributed by atoms with E-state index >= 15 is 0 Å². The number of carbonyl (C=O) groups is 1. The zero-order valence-corrected chi connectivity index (χ0v) is 9.76. The van der Waals surface area contributed by atoms with Gasteiger partial charge in [-0.15, -0.1) is 11.6 Å². The van der Waals surface area contributed by atoms with Crippen LogP contribution in [0.5, 0.6) is 0 Å². The first-order valence-corrected chi connectivity index (χ1v) is 5.19. The Bertz CT molecular complexity index is 428. The number of halogens is 3. The first-order valence-electron chi connectivity index (χ1n) is 3.58. The van der Waals surface area contributed by atoms with Gasteiger partial charge in [0.05, 0.1) is 17.5 Å². The molecule has 0 aliphatic carbocycles. The monoisotopic (exact) mass is 323 g/mol. The van der Waals surface area contributed by atoms with Crippen molar-refractivity contribution in [3.8, 4) is 6.07 Å². The molecule has 14 heavy (non-hydrogen) atoms. The predicted octanol–water partition coefficient (Wildman–Crippen LogP) is 2.72. The number of hydrogen-bond acceptors (Lipinski definition) is 2. The molecule has 1 aromatic carbocycles. The maximum atomic E-state index is 13.0. The number of alkyl halides is 1. The van der Waals surface area contributed by atoms with Crippen LogP contribution in [0.25, 0.3) is 0 Å². The standard InChI is InChI=1S/C9H4ClFINO/c10-3-9(14)6-2-8(12)7(11)1-5(6)4-13/h1-2H,3H2. The molecule has 1 rings (SSSR count). The summed E-state index contributed by atoms with van der Waals surface area (Å²) in [6.45, 7) is 0. The maximum absolute atomic E-state index is 13.0. The third-order valence-electron chi connectivity index (χ3n) is 1.60. The second kappa shape index (κ2) is 4.71. The van der Waals surface area contributed by atoms with Gasteiger partial charge in [-0.2, -0.15) is 5.26 Å². The Hall–Kier alpha value is -0.670. The van der Waals surface area contributed by atoms with Crippen LogP contribution in [0.15, 0.2) is 12.1 Å². The molecule has 2 nitrogen and oxygen atoms in total. The SMILES string of the molecule is N#Cc1cc(F)c(I)cc1C(=O)CCl. The van der Waals surface area contributed by atoms with E-state index in [4.69, 9.17) is 16.9 Å². The summed E-state index contributed by atoms with van der Waals surface area (Å²) in [5.41, 5.74) is 0.196. The molecule has 0 unspecified atom stereocenters. The van der Waals surface area contributed by atoms with Gasteiger partial charge in [0.25, 0.3) is 0 Å². The second-order valence-electron chi connectivity index (χ2n) is 2.48. The molecule has 0 aromatic heterocycles. The summed E-state index contributed by atoms with van der Waals surface area (Å²) in [4.78, 5) is 11.2. The van der Waals surface area contributed by atoms with Crippen molar-refractivity contribution in [3.63, 3.8) is 0 Å². The van der Waals surface area contributed by atoms with Gasteiger partial charge >= 0.3 is 0 Å². The molecule has 0 N–H and O–H groups in total. The molecule has 0 atom stereocenters. The molecule has 0 amide bonds. The number of ketones is 1. The van der Waals surface area contributed by atoms with Crippen molar-refractivity contribution in [1.29, 1.82) is 5.26 Å². The van der Waals surface area contributed by atoms with Crippen molar-refractivity contribution in [2.45, 2.75) is 0 Å². The van der Waals surface area contributed by atoms with E-state index in [1.165, 1.54) is 6.07 Å². The highest BCUT2D eigenvalue weighted by Gasteiger charge is 2.13. The van der Waals surface area contributed by atoms with E-state index in [1.54, 1.807) is 28.7 Å². The van der Waals surface area contributed by atoms with Gasteiger partial charge in [-0.1, -0.05) is 0 Å². The van der Waals surface area contributed by atoms with E-state index in [0.29, 0.717) is 3.57 Å². The molecular formula is C9H4ClFINO. The minimum atomic E-state index is -0.506. The fourth-order valence-electron chi connectivity index (χ4n) is 0.942. The fourth-order valence-corrected chi connectivity index (χ4v) is 1.55. The van der Waals surface area contributed by atoms with E-state index in [-0.39, 0.29) is 22.8 Å². The van der Waals surface area contributed by atoms with Crippen LogP contribution in [-0.2, 0) is 0 Å². The number of nitriles is 1. The molecule has 0 spiro atoms. The van der Waals surface area contributed by atoms with Gasteiger partial charge in [0, 0.05) is 9.13 Å². The minimum Gasteiger partial charge on any atom is -0.293 e. The zero-order valence-electron chi connectivity index (χ0n) is 6.85. The summed E-state index contributed by atoms with van der Waals surface area (Å²) in [6, 6.07) is 4.13. The third-order valence-corrected chi connectivity index (χ3v) is 2.67. The molecule has 0 saturated carbocycles. The van der Waals surface area contributed by atoms with Gasteiger partial charge in [0.15, 0.2) is 5.78 Å². The molecule has 72 valence electrons. The molecule has 0 heterocycles. The van der Waals surface area contributed by atoms with Crippen LogP contribution in [0.4, 0.5) is 4.39 Å². The van der Waals surface area contributed by atoms with Crippen LogP contribution in [0.2, 0.25) is 0 Å². The average molecular weight is 323 g/mol. The Labute approximate surface area is 98.8 Å². The summed E-state index contributed by atoms with van der Waals surface area (Å²) >= 11 is 7.11.